The second-order valence-corrected chi connectivity index (χ2v) is 6.59. The maximum Gasteiger partial charge on any atom is 0.495 e. The molecule has 3 nitrogen and oxygen atoms in total. The highest BCUT2D eigenvalue weighted by molar-refractivity contribution is 6.65. The third kappa shape index (κ3) is 2.12. The van der Waals surface area contributed by atoms with Crippen LogP contribution in [0.2, 0.25) is 5.02 Å². The number of aromatic nitrogens is 1. The Morgan fingerprint density at radius 1 is 1.10 bits per heavy atom. The van der Waals surface area contributed by atoms with E-state index in [4.69, 9.17) is 20.9 Å². The van der Waals surface area contributed by atoms with Crippen LogP contribution in [0.15, 0.2) is 30.5 Å². The molecule has 1 saturated heterocycles. The van der Waals surface area contributed by atoms with Gasteiger partial charge in [-0.1, -0.05) is 17.7 Å². The number of pyridine rings is 1. The summed E-state index contributed by atoms with van der Waals surface area (Å²) in [7, 11) is -0.426. The average Bonchev–Trinajstić information content (AvgIpc) is 2.57. The van der Waals surface area contributed by atoms with Gasteiger partial charge in [0.2, 0.25) is 0 Å². The fourth-order valence-electron chi connectivity index (χ4n) is 2.34. The first kappa shape index (κ1) is 13.9. The predicted molar refractivity (Wildman–Crippen MR) is 82.5 cm³/mol. The zero-order valence-corrected chi connectivity index (χ0v) is 12.9. The molecule has 20 heavy (non-hydrogen) atoms. The monoisotopic (exact) mass is 289 g/mol. The van der Waals surface area contributed by atoms with Crippen molar-refractivity contribution in [2.45, 2.75) is 38.9 Å². The third-order valence-corrected chi connectivity index (χ3v) is 4.44. The SMILES string of the molecule is CC1(C)OB(c2cc(Cl)cc3ncccc23)OC1(C)C. The first-order valence-electron chi connectivity index (χ1n) is 6.70. The molecule has 1 fully saturated rings. The molecule has 5 heteroatoms. The molecule has 0 unspecified atom stereocenters. The number of rotatable bonds is 1. The lowest BCUT2D eigenvalue weighted by molar-refractivity contribution is 0.00578. The third-order valence-electron chi connectivity index (χ3n) is 4.22. The molecule has 1 aromatic heterocycles. The molecule has 1 aromatic carbocycles. The Hall–Kier alpha value is -1.10. The quantitative estimate of drug-likeness (QED) is 0.756. The van der Waals surface area contributed by atoms with Gasteiger partial charge in [0.1, 0.15) is 0 Å². The standard InChI is InChI=1S/C15H17BClNO2/c1-14(2)15(3,4)20-16(19-14)12-8-10(17)9-13-11(12)6-5-7-18-13/h5-9H,1-4H3. The molecule has 2 aromatic rings. The summed E-state index contributed by atoms with van der Waals surface area (Å²) in [6.45, 7) is 8.16. The van der Waals surface area contributed by atoms with Crippen LogP contribution >= 0.6 is 11.6 Å². The van der Waals surface area contributed by atoms with Crippen LogP contribution in [0.25, 0.3) is 10.9 Å². The molecule has 3 rings (SSSR count). The van der Waals surface area contributed by atoms with Gasteiger partial charge in [0.15, 0.2) is 0 Å². The molecule has 0 N–H and O–H groups in total. The Kier molecular flexibility index (Phi) is 3.09. The first-order valence-corrected chi connectivity index (χ1v) is 7.08. The molecule has 0 saturated carbocycles. The molecule has 1 aliphatic heterocycles. The van der Waals surface area contributed by atoms with Crippen molar-refractivity contribution in [2.75, 3.05) is 0 Å². The van der Waals surface area contributed by atoms with Gasteiger partial charge in [-0.3, -0.25) is 4.98 Å². The van der Waals surface area contributed by atoms with Crippen LogP contribution in [0.5, 0.6) is 0 Å². The van der Waals surface area contributed by atoms with Crippen molar-refractivity contribution in [3.05, 3.63) is 35.5 Å². The van der Waals surface area contributed by atoms with Gasteiger partial charge in [-0.15, -0.1) is 0 Å². The van der Waals surface area contributed by atoms with Gasteiger partial charge >= 0.3 is 7.12 Å². The Morgan fingerprint density at radius 2 is 1.75 bits per heavy atom. The van der Waals surface area contributed by atoms with E-state index in [2.05, 4.69) is 4.98 Å². The molecule has 0 radical (unpaired) electrons. The molecule has 0 amide bonds. The summed E-state index contributed by atoms with van der Waals surface area (Å²) >= 11 is 6.19. The van der Waals surface area contributed by atoms with Gasteiger partial charge in [-0.25, -0.2) is 0 Å². The van der Waals surface area contributed by atoms with Crippen LogP contribution in [0.1, 0.15) is 27.7 Å². The molecular formula is C15H17BClNO2. The minimum atomic E-state index is -0.426. The second-order valence-electron chi connectivity index (χ2n) is 6.15. The Balaban J connectivity index is 2.12. The number of benzene rings is 1. The van der Waals surface area contributed by atoms with Crippen LogP contribution in [-0.2, 0) is 9.31 Å². The highest BCUT2D eigenvalue weighted by Gasteiger charge is 2.52. The zero-order chi connectivity index (χ0) is 14.5. The molecular weight excluding hydrogens is 272 g/mol. The van der Waals surface area contributed by atoms with Crippen molar-refractivity contribution >= 4 is 35.1 Å². The van der Waals surface area contributed by atoms with Crippen LogP contribution in [0.4, 0.5) is 0 Å². The number of halogens is 1. The molecule has 0 bridgehead atoms. The van der Waals surface area contributed by atoms with Gasteiger partial charge in [-0.05, 0) is 51.4 Å². The minimum Gasteiger partial charge on any atom is -0.399 e. The van der Waals surface area contributed by atoms with E-state index in [0.29, 0.717) is 5.02 Å². The Bertz CT molecular complexity index is 656. The summed E-state index contributed by atoms with van der Waals surface area (Å²) in [5.74, 6) is 0. The van der Waals surface area contributed by atoms with Gasteiger partial charge in [-0.2, -0.15) is 0 Å². The van der Waals surface area contributed by atoms with Crippen molar-refractivity contribution in [1.82, 2.24) is 4.98 Å². The predicted octanol–water partition coefficient (Wildman–Crippen LogP) is 3.19. The van der Waals surface area contributed by atoms with Crippen LogP contribution in [0, 0.1) is 0 Å². The van der Waals surface area contributed by atoms with Crippen LogP contribution in [0.3, 0.4) is 0 Å². The fourth-order valence-corrected chi connectivity index (χ4v) is 2.56. The zero-order valence-electron chi connectivity index (χ0n) is 12.1. The average molecular weight is 290 g/mol. The Morgan fingerprint density at radius 3 is 2.40 bits per heavy atom. The lowest BCUT2D eigenvalue weighted by atomic mass is 9.76. The van der Waals surface area contributed by atoms with Gasteiger partial charge < -0.3 is 9.31 Å². The number of hydrogen-bond donors (Lipinski definition) is 0. The normalized spacial score (nSPS) is 20.6. The highest BCUT2D eigenvalue weighted by Crippen LogP contribution is 2.37. The summed E-state index contributed by atoms with van der Waals surface area (Å²) in [5.41, 5.74) is 1.05. The molecule has 0 aliphatic carbocycles. The summed E-state index contributed by atoms with van der Waals surface area (Å²) in [6.07, 6.45) is 1.76. The number of fused-ring (bicyclic) bond motifs is 1. The summed E-state index contributed by atoms with van der Waals surface area (Å²) in [5, 5.41) is 1.65. The molecule has 0 spiro atoms. The second kappa shape index (κ2) is 4.45. The lowest BCUT2D eigenvalue weighted by Crippen LogP contribution is -2.41. The van der Waals surface area contributed by atoms with E-state index in [-0.39, 0.29) is 11.2 Å². The lowest BCUT2D eigenvalue weighted by Gasteiger charge is -2.32. The highest BCUT2D eigenvalue weighted by atomic mass is 35.5. The van der Waals surface area contributed by atoms with E-state index in [1.807, 2.05) is 52.0 Å². The van der Waals surface area contributed by atoms with E-state index in [1.54, 1.807) is 6.20 Å². The van der Waals surface area contributed by atoms with Gasteiger partial charge in [0.25, 0.3) is 0 Å². The summed E-state index contributed by atoms with van der Waals surface area (Å²) in [6, 6.07) is 7.67. The number of hydrogen-bond acceptors (Lipinski definition) is 3. The van der Waals surface area contributed by atoms with E-state index in [1.165, 1.54) is 0 Å². The minimum absolute atomic E-state index is 0.367. The van der Waals surface area contributed by atoms with Crippen LogP contribution in [-0.4, -0.2) is 23.3 Å². The van der Waals surface area contributed by atoms with Crippen molar-refractivity contribution in [3.63, 3.8) is 0 Å². The molecule has 0 atom stereocenters. The van der Waals surface area contributed by atoms with Crippen molar-refractivity contribution in [1.29, 1.82) is 0 Å². The van der Waals surface area contributed by atoms with E-state index in [0.717, 1.165) is 16.4 Å². The summed E-state index contributed by atoms with van der Waals surface area (Å²) < 4.78 is 12.2. The molecule has 1 aliphatic rings. The molecule has 104 valence electrons. The van der Waals surface area contributed by atoms with Crippen molar-refractivity contribution < 1.29 is 9.31 Å². The Labute approximate surface area is 124 Å². The van der Waals surface area contributed by atoms with Crippen LogP contribution < -0.4 is 5.46 Å². The topological polar surface area (TPSA) is 31.4 Å². The maximum absolute atomic E-state index is 6.19. The van der Waals surface area contributed by atoms with Crippen molar-refractivity contribution in [2.24, 2.45) is 0 Å². The number of nitrogens with zero attached hydrogens (tertiary/aromatic N) is 1. The molecule has 2 heterocycles. The van der Waals surface area contributed by atoms with Gasteiger partial charge in [0.05, 0.1) is 16.7 Å². The first-order chi connectivity index (χ1) is 9.30. The summed E-state index contributed by atoms with van der Waals surface area (Å²) in [4.78, 5) is 4.35. The smallest absolute Gasteiger partial charge is 0.399 e. The largest absolute Gasteiger partial charge is 0.495 e. The van der Waals surface area contributed by atoms with Gasteiger partial charge in [0, 0.05) is 16.6 Å². The van der Waals surface area contributed by atoms with E-state index < -0.39 is 7.12 Å². The van der Waals surface area contributed by atoms with Crippen molar-refractivity contribution in [3.8, 4) is 0 Å². The fraction of sp³-hybridized carbons (Fsp3) is 0.400. The maximum atomic E-state index is 6.19. The van der Waals surface area contributed by atoms with E-state index >= 15 is 0 Å². The van der Waals surface area contributed by atoms with E-state index in [9.17, 15) is 0 Å².